The van der Waals surface area contributed by atoms with Crippen LogP contribution in [-0.4, -0.2) is 46.6 Å². The van der Waals surface area contributed by atoms with Gasteiger partial charge in [0.2, 0.25) is 11.8 Å². The molecular weight excluding hydrogens is 850 g/mol. The standard InChI is InChI=1S/C50H54Cl4N2O5/c1-3-31(4-2)29-55-47(33-15-19-39(51)20-16-33)43(35-11-7-13-41(53)23-35)25-37(49(55)59)27-45(57)61-46(58)28-38-26-44(36-12-8-14-42(54)24-36)48(34-17-21-40(52)22-18-34)56(50(38)60)30-32-9-5-6-10-32/h7-8,11-24,31-32,37-38,43-44,47-48H,3-6,9-10,25-30H2,1-2H3. The van der Waals surface area contributed by atoms with Gasteiger partial charge in [-0.2, -0.15) is 0 Å². The molecule has 2 aliphatic heterocycles. The van der Waals surface area contributed by atoms with Crippen molar-refractivity contribution in [3.05, 3.63) is 139 Å². The van der Waals surface area contributed by atoms with E-state index in [0.717, 1.165) is 60.8 Å². The van der Waals surface area contributed by atoms with E-state index in [1.165, 1.54) is 0 Å². The SMILES string of the molecule is CCC(CC)CN1C(=O)C(CC(=O)OC(=O)CC2CC(c3cccc(Cl)c3)C(c3ccc(Cl)cc3)N(CC3CCCC3)C2=O)CC(c2cccc(Cl)c2)C1c1ccc(Cl)cc1. The minimum absolute atomic E-state index is 0.133. The molecular formula is C50H54Cl4N2O5. The van der Waals surface area contributed by atoms with Crippen molar-refractivity contribution in [2.24, 2.45) is 23.7 Å². The molecule has 2 heterocycles. The maximum absolute atomic E-state index is 14.6. The summed E-state index contributed by atoms with van der Waals surface area (Å²) in [6, 6.07) is 29.9. The van der Waals surface area contributed by atoms with E-state index in [2.05, 4.69) is 13.8 Å². The van der Waals surface area contributed by atoms with Crippen molar-refractivity contribution in [2.75, 3.05) is 13.1 Å². The molecule has 4 aromatic rings. The Labute approximate surface area is 380 Å². The van der Waals surface area contributed by atoms with Crippen LogP contribution in [0.4, 0.5) is 0 Å². The van der Waals surface area contributed by atoms with Crippen LogP contribution in [-0.2, 0) is 23.9 Å². The van der Waals surface area contributed by atoms with Gasteiger partial charge in [0.25, 0.3) is 0 Å². The van der Waals surface area contributed by atoms with Crippen LogP contribution in [0.15, 0.2) is 97.1 Å². The van der Waals surface area contributed by atoms with E-state index < -0.39 is 23.8 Å². The molecule has 0 N–H and O–H groups in total. The van der Waals surface area contributed by atoms with Crippen LogP contribution in [0.1, 0.15) is 124 Å². The van der Waals surface area contributed by atoms with Gasteiger partial charge in [-0.3, -0.25) is 19.2 Å². The number of amides is 2. The summed E-state index contributed by atoms with van der Waals surface area (Å²) in [6.07, 6.45) is 6.24. The largest absolute Gasteiger partial charge is 0.393 e. The first kappa shape index (κ1) is 45.2. The highest BCUT2D eigenvalue weighted by Crippen LogP contribution is 2.49. The Balaban J connectivity index is 1.13. The van der Waals surface area contributed by atoms with Gasteiger partial charge in [0, 0.05) is 56.9 Å². The van der Waals surface area contributed by atoms with Crippen molar-refractivity contribution in [1.82, 2.24) is 9.80 Å². The van der Waals surface area contributed by atoms with E-state index in [4.69, 9.17) is 51.1 Å². The maximum Gasteiger partial charge on any atom is 0.314 e. The number of halogens is 4. The van der Waals surface area contributed by atoms with Gasteiger partial charge in [0.15, 0.2) is 0 Å². The molecule has 1 aliphatic carbocycles. The zero-order chi connectivity index (χ0) is 43.2. The lowest BCUT2D eigenvalue weighted by molar-refractivity contribution is -0.165. The fourth-order valence-electron chi connectivity index (χ4n) is 10.2. The highest BCUT2D eigenvalue weighted by atomic mass is 35.5. The third kappa shape index (κ3) is 10.8. The Morgan fingerprint density at radius 1 is 0.607 bits per heavy atom. The Hall–Kier alpha value is -3.88. The lowest BCUT2D eigenvalue weighted by atomic mass is 9.74. The zero-order valence-electron chi connectivity index (χ0n) is 34.8. The topological polar surface area (TPSA) is 84.0 Å². The predicted octanol–water partition coefficient (Wildman–Crippen LogP) is 12.8. The number of ether oxygens (including phenoxy) is 1. The summed E-state index contributed by atoms with van der Waals surface area (Å²) in [4.78, 5) is 60.8. The molecule has 4 aromatic carbocycles. The van der Waals surface area contributed by atoms with Crippen LogP contribution < -0.4 is 0 Å². The van der Waals surface area contributed by atoms with Crippen molar-refractivity contribution in [3.63, 3.8) is 0 Å². The molecule has 3 fully saturated rings. The second kappa shape index (κ2) is 20.5. The number of hydrogen-bond donors (Lipinski definition) is 0. The van der Waals surface area contributed by atoms with Gasteiger partial charge in [-0.05, 0) is 108 Å². The summed E-state index contributed by atoms with van der Waals surface area (Å²) in [5.74, 6) is -3.13. The van der Waals surface area contributed by atoms with E-state index in [9.17, 15) is 19.2 Å². The van der Waals surface area contributed by atoms with Crippen molar-refractivity contribution < 1.29 is 23.9 Å². The molecule has 6 atom stereocenters. The van der Waals surface area contributed by atoms with E-state index in [-0.39, 0.29) is 54.5 Å². The van der Waals surface area contributed by atoms with Crippen molar-refractivity contribution in [2.45, 2.75) is 102 Å². The molecule has 6 unspecified atom stereocenters. The Morgan fingerprint density at radius 2 is 1.05 bits per heavy atom. The van der Waals surface area contributed by atoms with E-state index in [0.29, 0.717) is 51.9 Å². The fraction of sp³-hybridized carbons (Fsp3) is 0.440. The predicted molar refractivity (Wildman–Crippen MR) is 243 cm³/mol. The van der Waals surface area contributed by atoms with Crippen LogP contribution in [0.5, 0.6) is 0 Å². The second-order valence-electron chi connectivity index (χ2n) is 17.2. The quantitative estimate of drug-likeness (QED) is 0.0930. The minimum atomic E-state index is -0.780. The van der Waals surface area contributed by atoms with Crippen LogP contribution in [0.3, 0.4) is 0 Å². The molecule has 1 saturated carbocycles. The van der Waals surface area contributed by atoms with Crippen LogP contribution >= 0.6 is 46.4 Å². The Kier molecular flexibility index (Phi) is 15.2. The third-order valence-electron chi connectivity index (χ3n) is 13.3. The molecule has 7 nitrogen and oxygen atoms in total. The Morgan fingerprint density at radius 3 is 1.49 bits per heavy atom. The van der Waals surface area contributed by atoms with Gasteiger partial charge in [-0.25, -0.2) is 0 Å². The molecule has 2 amide bonds. The molecule has 3 aliphatic rings. The monoisotopic (exact) mass is 902 g/mol. The van der Waals surface area contributed by atoms with Crippen molar-refractivity contribution in [1.29, 1.82) is 0 Å². The number of hydrogen-bond acceptors (Lipinski definition) is 5. The number of rotatable bonds is 14. The average Bonchev–Trinajstić information content (AvgIpc) is 3.76. The summed E-state index contributed by atoms with van der Waals surface area (Å²) < 4.78 is 5.56. The highest BCUT2D eigenvalue weighted by molar-refractivity contribution is 6.31. The average molecular weight is 905 g/mol. The molecule has 0 bridgehead atoms. The van der Waals surface area contributed by atoms with E-state index >= 15 is 0 Å². The Bertz CT molecular complexity index is 2030. The lowest BCUT2D eigenvalue weighted by Gasteiger charge is -2.46. The van der Waals surface area contributed by atoms with E-state index in [1.54, 1.807) is 0 Å². The molecule has 61 heavy (non-hydrogen) atoms. The molecule has 0 radical (unpaired) electrons. The second-order valence-corrected chi connectivity index (χ2v) is 19.0. The van der Waals surface area contributed by atoms with Crippen molar-refractivity contribution in [3.8, 4) is 0 Å². The third-order valence-corrected chi connectivity index (χ3v) is 14.3. The molecule has 11 heteroatoms. The van der Waals surface area contributed by atoms with Gasteiger partial charge < -0.3 is 14.5 Å². The number of esters is 2. The lowest BCUT2D eigenvalue weighted by Crippen LogP contribution is -2.49. The normalized spacial score (nSPS) is 23.5. The summed E-state index contributed by atoms with van der Waals surface area (Å²) in [5.41, 5.74) is 3.82. The smallest absolute Gasteiger partial charge is 0.314 e. The van der Waals surface area contributed by atoms with E-state index in [1.807, 2.05) is 107 Å². The zero-order valence-corrected chi connectivity index (χ0v) is 37.8. The van der Waals surface area contributed by atoms with Crippen molar-refractivity contribution >= 4 is 70.2 Å². The van der Waals surface area contributed by atoms with Gasteiger partial charge >= 0.3 is 11.9 Å². The highest BCUT2D eigenvalue weighted by Gasteiger charge is 2.47. The van der Waals surface area contributed by atoms with Crippen LogP contribution in [0.25, 0.3) is 0 Å². The first-order chi connectivity index (χ1) is 29.4. The van der Waals surface area contributed by atoms with Gasteiger partial charge in [0.1, 0.15) is 0 Å². The van der Waals surface area contributed by atoms with Gasteiger partial charge in [-0.1, -0.05) is 134 Å². The molecule has 2 saturated heterocycles. The van der Waals surface area contributed by atoms with Gasteiger partial charge in [-0.15, -0.1) is 0 Å². The summed E-state index contributed by atoms with van der Waals surface area (Å²) >= 11 is 25.7. The maximum atomic E-state index is 14.6. The summed E-state index contributed by atoms with van der Waals surface area (Å²) in [6.45, 7) is 5.31. The summed E-state index contributed by atoms with van der Waals surface area (Å²) in [7, 11) is 0. The molecule has 0 aromatic heterocycles. The summed E-state index contributed by atoms with van der Waals surface area (Å²) in [5, 5.41) is 2.36. The van der Waals surface area contributed by atoms with Gasteiger partial charge in [0.05, 0.1) is 24.9 Å². The number of likely N-dealkylation sites (tertiary alicyclic amines) is 2. The molecule has 7 rings (SSSR count). The minimum Gasteiger partial charge on any atom is -0.393 e. The number of benzene rings is 4. The molecule has 322 valence electrons. The fourth-order valence-corrected chi connectivity index (χ4v) is 10.8. The van der Waals surface area contributed by atoms with Crippen LogP contribution in [0, 0.1) is 23.7 Å². The first-order valence-electron chi connectivity index (χ1n) is 21.8. The molecule has 0 spiro atoms. The number of carbonyl (C=O) groups is 4. The first-order valence-corrected chi connectivity index (χ1v) is 23.3. The number of piperidine rings is 2. The number of carbonyl (C=O) groups excluding carboxylic acids is 4. The van der Waals surface area contributed by atoms with Crippen LogP contribution in [0.2, 0.25) is 20.1 Å². The number of nitrogens with zero attached hydrogens (tertiary/aromatic N) is 2.